The smallest absolute Gasteiger partial charge is 0.321 e. The fourth-order valence-electron chi connectivity index (χ4n) is 6.18. The van der Waals surface area contributed by atoms with Crippen LogP contribution in [0.5, 0.6) is 5.75 Å². The lowest BCUT2D eigenvalue weighted by Crippen LogP contribution is -2.48. The third kappa shape index (κ3) is 4.54. The summed E-state index contributed by atoms with van der Waals surface area (Å²) in [7, 11) is 3.75. The van der Waals surface area contributed by atoms with Crippen LogP contribution in [0.25, 0.3) is 55.1 Å². The van der Waals surface area contributed by atoms with E-state index in [-0.39, 0.29) is 6.03 Å². The number of fused-ring (bicyclic) bond motifs is 4. The Balaban J connectivity index is 1.38. The average molecular weight is 576 g/mol. The van der Waals surface area contributed by atoms with E-state index >= 15 is 0 Å². The van der Waals surface area contributed by atoms with Gasteiger partial charge in [0.1, 0.15) is 23.0 Å². The first-order valence-corrected chi connectivity index (χ1v) is 14.4. The maximum atomic E-state index is 13.2. The van der Waals surface area contributed by atoms with Crippen molar-refractivity contribution >= 4 is 44.4 Å². The molecule has 218 valence electrons. The number of methoxy groups -OCH3 is 1. The molecule has 0 spiro atoms. The van der Waals surface area contributed by atoms with Crippen molar-refractivity contribution in [2.24, 2.45) is 0 Å². The number of carbonyl (C=O) groups excluding carboxylic acids is 1. The first-order valence-electron chi connectivity index (χ1n) is 14.4. The molecular weight excluding hydrogens is 542 g/mol. The number of piperazine rings is 1. The number of aromatic nitrogens is 4. The largest absolute Gasteiger partial charge is 0.496 e. The molecule has 0 unspecified atom stereocenters. The fraction of sp³-hybridized carbons (Fsp3) is 0.273. The minimum atomic E-state index is -0.0795. The molecule has 0 saturated carbocycles. The lowest BCUT2D eigenvalue weighted by atomic mass is 9.97. The summed E-state index contributed by atoms with van der Waals surface area (Å²) in [6.07, 6.45) is 0. The number of aryl methyl sites for hydroxylation is 3. The van der Waals surface area contributed by atoms with Gasteiger partial charge in [-0.3, -0.25) is 0 Å². The number of hydrogen-bond acceptors (Lipinski definition) is 7. The molecule has 7 rings (SSSR count). The van der Waals surface area contributed by atoms with Crippen LogP contribution < -0.4 is 10.1 Å². The summed E-state index contributed by atoms with van der Waals surface area (Å²) in [5.41, 5.74) is 6.81. The molecule has 3 aromatic heterocycles. The minimum Gasteiger partial charge on any atom is -0.496 e. The van der Waals surface area contributed by atoms with Gasteiger partial charge in [0.2, 0.25) is 0 Å². The van der Waals surface area contributed by atoms with Crippen LogP contribution in [-0.2, 0) is 0 Å². The molecule has 1 aliphatic heterocycles. The van der Waals surface area contributed by atoms with E-state index in [2.05, 4.69) is 39.5 Å². The lowest BCUT2D eigenvalue weighted by Gasteiger charge is -2.32. The highest BCUT2D eigenvalue weighted by Crippen LogP contribution is 2.42. The van der Waals surface area contributed by atoms with E-state index in [1.807, 2.05) is 62.1 Å². The Hall–Kier alpha value is -4.96. The van der Waals surface area contributed by atoms with Gasteiger partial charge in [-0.2, -0.15) is 0 Å². The second-order valence-electron chi connectivity index (χ2n) is 11.2. The summed E-state index contributed by atoms with van der Waals surface area (Å²) in [5.74, 6) is 2.10. The molecule has 0 aliphatic carbocycles. The molecular formula is C33H33N7O3. The first-order chi connectivity index (χ1) is 20.8. The number of urea groups is 1. The Morgan fingerprint density at radius 2 is 1.72 bits per heavy atom. The van der Waals surface area contributed by atoms with Gasteiger partial charge >= 0.3 is 6.03 Å². The molecule has 43 heavy (non-hydrogen) atoms. The van der Waals surface area contributed by atoms with Crippen LogP contribution in [0.2, 0.25) is 0 Å². The number of likely N-dealkylation sites (N-methyl/N-ethyl adjacent to an activating group) is 1. The van der Waals surface area contributed by atoms with Gasteiger partial charge in [0.05, 0.1) is 35.1 Å². The fourth-order valence-corrected chi connectivity index (χ4v) is 6.18. The topological polar surface area (TPSA) is 112 Å². The van der Waals surface area contributed by atoms with Crippen LogP contribution in [0.15, 0.2) is 53.1 Å². The second kappa shape index (κ2) is 10.4. The number of nitrogens with one attached hydrogen (secondary N) is 2. The van der Waals surface area contributed by atoms with Crippen LogP contribution in [0, 0.1) is 20.8 Å². The normalized spacial score (nSPS) is 14.2. The molecule has 0 atom stereocenters. The van der Waals surface area contributed by atoms with Crippen LogP contribution in [0.1, 0.15) is 17.3 Å². The van der Waals surface area contributed by atoms with Gasteiger partial charge in [-0.15, -0.1) is 0 Å². The maximum Gasteiger partial charge on any atom is 0.321 e. The van der Waals surface area contributed by atoms with Gasteiger partial charge in [0.25, 0.3) is 0 Å². The van der Waals surface area contributed by atoms with Crippen molar-refractivity contribution in [2.75, 3.05) is 45.7 Å². The molecule has 2 amide bonds. The average Bonchev–Trinajstić information content (AvgIpc) is 3.53. The number of anilines is 1. The minimum absolute atomic E-state index is 0.0795. The zero-order chi connectivity index (χ0) is 29.8. The third-order valence-corrected chi connectivity index (χ3v) is 8.40. The SMILES string of the molecule is COc1cc2c(cc1-c1c(C)noc1C)[nH]c1nc(C)nc(-c3ccc(NC(=O)N4CCN(C)CC4)c4ccccc34)c12. The zero-order valence-electron chi connectivity index (χ0n) is 24.9. The van der Waals surface area contributed by atoms with Crippen molar-refractivity contribution in [1.82, 2.24) is 29.9 Å². The Morgan fingerprint density at radius 3 is 2.44 bits per heavy atom. The molecule has 6 aromatic rings. The third-order valence-electron chi connectivity index (χ3n) is 8.40. The second-order valence-corrected chi connectivity index (χ2v) is 11.2. The summed E-state index contributed by atoms with van der Waals surface area (Å²) < 4.78 is 11.3. The van der Waals surface area contributed by atoms with Gasteiger partial charge in [-0.05, 0) is 51.4 Å². The van der Waals surface area contributed by atoms with E-state index in [1.165, 1.54) is 0 Å². The Bertz CT molecular complexity index is 2020. The van der Waals surface area contributed by atoms with E-state index in [1.54, 1.807) is 7.11 Å². The van der Waals surface area contributed by atoms with Gasteiger partial charge in [0.15, 0.2) is 0 Å². The molecule has 2 N–H and O–H groups in total. The first kappa shape index (κ1) is 26.9. The number of carbonyl (C=O) groups is 1. The van der Waals surface area contributed by atoms with E-state index in [9.17, 15) is 4.79 Å². The van der Waals surface area contributed by atoms with Crippen molar-refractivity contribution in [2.45, 2.75) is 20.8 Å². The monoisotopic (exact) mass is 575 g/mol. The summed E-state index contributed by atoms with van der Waals surface area (Å²) in [4.78, 5) is 30.5. The van der Waals surface area contributed by atoms with E-state index < -0.39 is 0 Å². The number of aromatic amines is 1. The predicted molar refractivity (Wildman–Crippen MR) is 169 cm³/mol. The lowest BCUT2D eigenvalue weighted by molar-refractivity contribution is 0.164. The molecule has 1 fully saturated rings. The van der Waals surface area contributed by atoms with E-state index in [4.69, 9.17) is 19.2 Å². The van der Waals surface area contributed by atoms with E-state index in [0.29, 0.717) is 24.7 Å². The number of ether oxygens (including phenoxy) is 1. The summed E-state index contributed by atoms with van der Waals surface area (Å²) in [5, 5.41) is 11.1. The van der Waals surface area contributed by atoms with Gasteiger partial charge in [-0.25, -0.2) is 14.8 Å². The molecule has 0 bridgehead atoms. The molecule has 3 aromatic carbocycles. The standard InChI is InChI=1S/C33H33N7O3/c1-18-29(19(2)43-38-18)25-16-27-24(17-28(25)42-5)30-31(34-20(3)35-32(30)36-27)23-10-11-26(22-9-7-6-8-21(22)23)37-33(41)40-14-12-39(4)13-15-40/h6-11,16-17H,12-15H2,1-5H3,(H,37,41)(H,34,35,36). The van der Waals surface area contributed by atoms with Crippen LogP contribution >= 0.6 is 0 Å². The highest BCUT2D eigenvalue weighted by Gasteiger charge is 2.23. The number of benzene rings is 3. The molecule has 4 heterocycles. The summed E-state index contributed by atoms with van der Waals surface area (Å²) in [6.45, 7) is 8.88. The molecule has 1 saturated heterocycles. The van der Waals surface area contributed by atoms with Crippen molar-refractivity contribution in [3.05, 3.63) is 65.8 Å². The zero-order valence-corrected chi connectivity index (χ0v) is 24.9. The number of amides is 2. The molecule has 0 radical (unpaired) electrons. The molecule has 1 aliphatic rings. The van der Waals surface area contributed by atoms with Crippen molar-refractivity contribution in [3.63, 3.8) is 0 Å². The molecule has 10 nitrogen and oxygen atoms in total. The summed E-state index contributed by atoms with van der Waals surface area (Å²) in [6, 6.07) is 16.1. The maximum absolute atomic E-state index is 13.2. The highest BCUT2D eigenvalue weighted by molar-refractivity contribution is 6.17. The van der Waals surface area contributed by atoms with Crippen LogP contribution in [0.4, 0.5) is 10.5 Å². The Labute approximate surface area is 248 Å². The van der Waals surface area contributed by atoms with Gasteiger partial charge in [0, 0.05) is 53.6 Å². The molecule has 10 heteroatoms. The number of rotatable bonds is 4. The number of hydrogen-bond donors (Lipinski definition) is 2. The predicted octanol–water partition coefficient (Wildman–Crippen LogP) is 6.30. The van der Waals surface area contributed by atoms with Crippen LogP contribution in [-0.4, -0.2) is 76.3 Å². The van der Waals surface area contributed by atoms with Crippen molar-refractivity contribution in [1.29, 1.82) is 0 Å². The number of H-pyrrole nitrogens is 1. The van der Waals surface area contributed by atoms with Gasteiger partial charge < -0.3 is 29.4 Å². The summed E-state index contributed by atoms with van der Waals surface area (Å²) >= 11 is 0. The van der Waals surface area contributed by atoms with Gasteiger partial charge in [-0.1, -0.05) is 35.5 Å². The van der Waals surface area contributed by atoms with Crippen LogP contribution in [0.3, 0.4) is 0 Å². The Morgan fingerprint density at radius 1 is 0.953 bits per heavy atom. The Kier molecular flexibility index (Phi) is 6.50. The number of nitrogens with zero attached hydrogens (tertiary/aromatic N) is 5. The van der Waals surface area contributed by atoms with Crippen molar-refractivity contribution < 1.29 is 14.1 Å². The van der Waals surface area contributed by atoms with Crippen molar-refractivity contribution in [3.8, 4) is 28.1 Å². The highest BCUT2D eigenvalue weighted by atomic mass is 16.5. The van der Waals surface area contributed by atoms with E-state index in [0.717, 1.165) is 85.3 Å². The quantitative estimate of drug-likeness (QED) is 0.254.